The number of halogens is 2. The third-order valence-electron chi connectivity index (χ3n) is 5.58. The summed E-state index contributed by atoms with van der Waals surface area (Å²) < 4.78 is 41.5. The van der Waals surface area contributed by atoms with Gasteiger partial charge in [0, 0.05) is 43.2 Å². The molecule has 1 amide bonds. The van der Waals surface area contributed by atoms with Crippen molar-refractivity contribution in [3.8, 4) is 0 Å². The van der Waals surface area contributed by atoms with E-state index in [-0.39, 0.29) is 42.0 Å². The van der Waals surface area contributed by atoms with Crippen molar-refractivity contribution >= 4 is 27.5 Å². The number of hydrogen-bond acceptors (Lipinski definition) is 3. The Bertz CT molecular complexity index is 1030. The van der Waals surface area contributed by atoms with Gasteiger partial charge in [-0.15, -0.1) is 0 Å². The van der Waals surface area contributed by atoms with Crippen LogP contribution >= 0.6 is 11.6 Å². The molecule has 162 valence electrons. The van der Waals surface area contributed by atoms with Gasteiger partial charge in [0.15, 0.2) is 0 Å². The summed E-state index contributed by atoms with van der Waals surface area (Å²) in [4.78, 5) is 14.6. The van der Waals surface area contributed by atoms with Gasteiger partial charge < -0.3 is 4.90 Å². The van der Waals surface area contributed by atoms with E-state index in [0.717, 1.165) is 11.1 Å². The first-order chi connectivity index (χ1) is 14.1. The van der Waals surface area contributed by atoms with Crippen LogP contribution in [0.2, 0.25) is 5.02 Å². The number of rotatable bonds is 5. The lowest BCUT2D eigenvalue weighted by Crippen LogP contribution is -2.43. The number of benzene rings is 2. The Kier molecular flexibility index (Phi) is 6.84. The van der Waals surface area contributed by atoms with Crippen LogP contribution in [0.15, 0.2) is 41.3 Å². The summed E-state index contributed by atoms with van der Waals surface area (Å²) >= 11 is 6.06. The normalized spacial score (nSPS) is 15.9. The summed E-state index contributed by atoms with van der Waals surface area (Å²) in [5, 5.41) is 0.282. The van der Waals surface area contributed by atoms with Gasteiger partial charge in [0.25, 0.3) is 0 Å². The first-order valence-corrected chi connectivity index (χ1v) is 11.7. The molecule has 1 fully saturated rings. The minimum absolute atomic E-state index is 0.0748. The molecular weight excluding hydrogens is 427 g/mol. The number of piperidine rings is 1. The fraction of sp³-hybridized carbons (Fsp3) is 0.409. The summed E-state index contributed by atoms with van der Waals surface area (Å²) in [6, 6.07) is 9.72. The smallest absolute Gasteiger partial charge is 0.243 e. The van der Waals surface area contributed by atoms with E-state index in [1.807, 2.05) is 13.0 Å². The summed E-state index contributed by atoms with van der Waals surface area (Å²) in [6.07, 6.45) is 0.858. The van der Waals surface area contributed by atoms with Crippen molar-refractivity contribution in [2.45, 2.75) is 38.1 Å². The first kappa shape index (κ1) is 22.7. The van der Waals surface area contributed by atoms with Crippen molar-refractivity contribution in [1.29, 1.82) is 0 Å². The number of aryl methyl sites for hydroxylation is 2. The van der Waals surface area contributed by atoms with E-state index in [1.54, 1.807) is 32.2 Å². The molecule has 30 heavy (non-hydrogen) atoms. The topological polar surface area (TPSA) is 57.7 Å². The highest BCUT2D eigenvalue weighted by Crippen LogP contribution is 2.28. The molecule has 1 heterocycles. The molecule has 0 saturated carbocycles. The Balaban J connectivity index is 1.65. The number of nitrogens with zero attached hydrogens (tertiary/aromatic N) is 2. The maximum Gasteiger partial charge on any atom is 0.243 e. The highest BCUT2D eigenvalue weighted by atomic mass is 35.5. The van der Waals surface area contributed by atoms with Crippen molar-refractivity contribution in [3.63, 3.8) is 0 Å². The van der Waals surface area contributed by atoms with Gasteiger partial charge in [0.2, 0.25) is 15.9 Å². The van der Waals surface area contributed by atoms with Crippen molar-refractivity contribution in [3.05, 3.63) is 63.9 Å². The van der Waals surface area contributed by atoms with Crippen molar-refractivity contribution in [1.82, 2.24) is 9.21 Å². The van der Waals surface area contributed by atoms with Crippen LogP contribution in [0.4, 0.5) is 4.39 Å². The molecule has 0 radical (unpaired) electrons. The molecule has 8 heteroatoms. The van der Waals surface area contributed by atoms with E-state index in [0.29, 0.717) is 17.7 Å². The van der Waals surface area contributed by atoms with Gasteiger partial charge in [-0.1, -0.05) is 35.4 Å². The van der Waals surface area contributed by atoms with Gasteiger partial charge in [-0.25, -0.2) is 12.8 Å². The second-order valence-electron chi connectivity index (χ2n) is 7.84. The molecule has 0 unspecified atom stereocenters. The molecule has 0 bridgehead atoms. The summed E-state index contributed by atoms with van der Waals surface area (Å²) in [6.45, 7) is 4.34. The Morgan fingerprint density at radius 1 is 1.20 bits per heavy atom. The van der Waals surface area contributed by atoms with E-state index in [9.17, 15) is 17.6 Å². The molecule has 0 aromatic heterocycles. The molecule has 0 atom stereocenters. The van der Waals surface area contributed by atoms with Crippen molar-refractivity contribution < 1.29 is 17.6 Å². The van der Waals surface area contributed by atoms with Gasteiger partial charge in [0.1, 0.15) is 5.82 Å². The Morgan fingerprint density at radius 2 is 1.87 bits per heavy atom. The minimum Gasteiger partial charge on any atom is -0.341 e. The number of carbonyl (C=O) groups excluding carboxylic acids is 1. The number of sulfonamides is 1. The lowest BCUT2D eigenvalue weighted by atomic mass is 9.96. The minimum atomic E-state index is -3.60. The molecule has 0 aliphatic carbocycles. The molecule has 1 saturated heterocycles. The van der Waals surface area contributed by atoms with Crippen LogP contribution in [-0.4, -0.2) is 43.7 Å². The van der Waals surface area contributed by atoms with Crippen LogP contribution in [0.25, 0.3) is 0 Å². The van der Waals surface area contributed by atoms with Crippen LogP contribution in [0.1, 0.15) is 29.5 Å². The zero-order chi connectivity index (χ0) is 22.1. The fourth-order valence-corrected chi connectivity index (χ4v) is 5.78. The SMILES string of the molecule is Cc1ccc(S(=O)(=O)N2CCC(C(=O)N(C)Cc3c(F)cccc3Cl)CC2)c(C)c1. The van der Waals surface area contributed by atoms with E-state index in [1.165, 1.54) is 21.3 Å². The highest BCUT2D eigenvalue weighted by molar-refractivity contribution is 7.89. The quantitative estimate of drug-likeness (QED) is 0.684. The maximum absolute atomic E-state index is 14.0. The molecule has 5 nitrogen and oxygen atoms in total. The molecule has 2 aromatic carbocycles. The third kappa shape index (κ3) is 4.68. The average molecular weight is 453 g/mol. The second-order valence-corrected chi connectivity index (χ2v) is 10.2. The van der Waals surface area contributed by atoms with Crippen LogP contribution in [0, 0.1) is 25.6 Å². The molecule has 3 rings (SSSR count). The van der Waals surface area contributed by atoms with Gasteiger partial charge in [-0.2, -0.15) is 4.31 Å². The zero-order valence-corrected chi connectivity index (χ0v) is 18.9. The van der Waals surface area contributed by atoms with Crippen LogP contribution in [0.5, 0.6) is 0 Å². The molecule has 1 aliphatic rings. The molecule has 0 spiro atoms. The van der Waals surface area contributed by atoms with Crippen molar-refractivity contribution in [2.24, 2.45) is 5.92 Å². The van der Waals surface area contributed by atoms with Crippen LogP contribution < -0.4 is 0 Å². The largest absolute Gasteiger partial charge is 0.341 e. The van der Waals surface area contributed by atoms with Gasteiger partial charge >= 0.3 is 0 Å². The van der Waals surface area contributed by atoms with Gasteiger partial charge in [0.05, 0.1) is 4.90 Å². The Morgan fingerprint density at radius 3 is 2.47 bits per heavy atom. The van der Waals surface area contributed by atoms with Crippen LogP contribution in [0.3, 0.4) is 0 Å². The Labute approximate surface area is 182 Å². The Hall–Kier alpha value is -1.96. The molecule has 1 aliphatic heterocycles. The zero-order valence-electron chi connectivity index (χ0n) is 17.4. The third-order valence-corrected chi connectivity index (χ3v) is 8.00. The maximum atomic E-state index is 14.0. The predicted molar refractivity (Wildman–Crippen MR) is 115 cm³/mol. The standard InChI is InChI=1S/C22H26ClFN2O3S/c1-15-7-8-21(16(2)13-15)30(28,29)26-11-9-17(10-12-26)22(27)25(3)14-18-19(23)5-4-6-20(18)24/h4-8,13,17H,9-12,14H2,1-3H3. The van der Waals surface area contributed by atoms with Crippen LogP contribution in [-0.2, 0) is 21.4 Å². The lowest BCUT2D eigenvalue weighted by Gasteiger charge is -2.33. The number of carbonyl (C=O) groups is 1. The predicted octanol–water partition coefficient (Wildman–Crippen LogP) is 4.16. The van der Waals surface area contributed by atoms with Gasteiger partial charge in [-0.05, 0) is 50.5 Å². The summed E-state index contributed by atoms with van der Waals surface area (Å²) in [5.74, 6) is -0.875. The molecule has 2 aromatic rings. The lowest BCUT2D eigenvalue weighted by molar-refractivity contribution is -0.135. The summed E-state index contributed by atoms with van der Waals surface area (Å²) in [5.41, 5.74) is 2.01. The first-order valence-electron chi connectivity index (χ1n) is 9.86. The van der Waals surface area contributed by atoms with Crippen molar-refractivity contribution in [2.75, 3.05) is 20.1 Å². The second kappa shape index (κ2) is 9.04. The summed E-state index contributed by atoms with van der Waals surface area (Å²) in [7, 11) is -1.98. The van der Waals surface area contributed by atoms with E-state index in [2.05, 4.69) is 0 Å². The fourth-order valence-electron chi connectivity index (χ4n) is 3.88. The van der Waals surface area contributed by atoms with E-state index >= 15 is 0 Å². The molecule has 0 N–H and O–H groups in total. The number of hydrogen-bond donors (Lipinski definition) is 0. The van der Waals surface area contributed by atoms with E-state index < -0.39 is 15.8 Å². The van der Waals surface area contributed by atoms with Gasteiger partial charge in [-0.3, -0.25) is 4.79 Å². The number of amides is 1. The monoisotopic (exact) mass is 452 g/mol. The average Bonchev–Trinajstić information content (AvgIpc) is 2.70. The van der Waals surface area contributed by atoms with E-state index in [4.69, 9.17) is 11.6 Å². The molecular formula is C22H26ClFN2O3S. The highest BCUT2D eigenvalue weighted by Gasteiger charge is 2.34.